The second-order valence-electron chi connectivity index (χ2n) is 6.55. The highest BCUT2D eigenvalue weighted by molar-refractivity contribution is 5.95. The average molecular weight is 432 g/mol. The van der Waals surface area contributed by atoms with E-state index in [1.807, 2.05) is 6.07 Å². The number of amides is 1. The number of rotatable bonds is 6. The molecule has 0 aliphatic carbocycles. The molecule has 0 unspecified atom stereocenters. The van der Waals surface area contributed by atoms with E-state index in [0.717, 1.165) is 5.39 Å². The molecule has 3 heterocycles. The first-order valence-corrected chi connectivity index (χ1v) is 9.15. The zero-order valence-electron chi connectivity index (χ0n) is 16.7. The number of pyridine rings is 1. The number of hydrogen-bond donors (Lipinski definition) is 3. The van der Waals surface area contributed by atoms with Crippen molar-refractivity contribution in [3.63, 3.8) is 0 Å². The molecular formula is C20H19F3N6O2. The van der Waals surface area contributed by atoms with Crippen molar-refractivity contribution in [3.05, 3.63) is 36.4 Å². The summed E-state index contributed by atoms with van der Waals surface area (Å²) in [6.45, 7) is 0.350. The summed E-state index contributed by atoms with van der Waals surface area (Å²) in [5.74, 6) is 5.25. The standard InChI is InChI=1S/C20H19F3N6O2/c1-12(27-11-20(21,22)23)19(30)29-17-10-24-9-16(28-17)15-8-26-18-14(15)6-13(7-25-18)4-3-5-31-2/h6-10,12,27H,5,11H2,1-2H3,(H,25,26)(H,28,29,30)/t12-/m1/s1. The number of carbonyl (C=O) groups excluding carboxylic acids is 1. The Balaban J connectivity index is 1.80. The fourth-order valence-corrected chi connectivity index (χ4v) is 2.65. The quantitative estimate of drug-likeness (QED) is 0.517. The smallest absolute Gasteiger partial charge is 0.372 e. The molecule has 0 radical (unpaired) electrons. The summed E-state index contributed by atoms with van der Waals surface area (Å²) >= 11 is 0. The molecule has 0 saturated heterocycles. The van der Waals surface area contributed by atoms with Crippen LogP contribution < -0.4 is 10.6 Å². The van der Waals surface area contributed by atoms with E-state index in [0.29, 0.717) is 29.1 Å². The molecule has 1 atom stereocenters. The molecule has 0 saturated carbocycles. The summed E-state index contributed by atoms with van der Waals surface area (Å²) in [6, 6.07) is 0.769. The van der Waals surface area contributed by atoms with Crippen LogP contribution in [0.25, 0.3) is 22.3 Å². The van der Waals surface area contributed by atoms with E-state index in [2.05, 4.69) is 42.4 Å². The fourth-order valence-electron chi connectivity index (χ4n) is 2.65. The van der Waals surface area contributed by atoms with E-state index in [-0.39, 0.29) is 5.82 Å². The Morgan fingerprint density at radius 2 is 2.13 bits per heavy atom. The SMILES string of the molecule is COCC#Cc1cnc2[nH]cc(-c3cncc(NC(=O)[C@@H](C)NCC(F)(F)F)n3)c2c1. The first-order chi connectivity index (χ1) is 14.8. The van der Waals surface area contributed by atoms with Gasteiger partial charge in [0.2, 0.25) is 5.91 Å². The van der Waals surface area contributed by atoms with Gasteiger partial charge in [-0.25, -0.2) is 9.97 Å². The maximum Gasteiger partial charge on any atom is 0.401 e. The minimum atomic E-state index is -4.41. The van der Waals surface area contributed by atoms with Crippen molar-refractivity contribution in [2.45, 2.75) is 19.1 Å². The summed E-state index contributed by atoms with van der Waals surface area (Å²) in [4.78, 5) is 27.9. The Hall–Kier alpha value is -3.49. The lowest BCUT2D eigenvalue weighted by Gasteiger charge is -2.15. The van der Waals surface area contributed by atoms with Crippen LogP contribution in [-0.2, 0) is 9.53 Å². The van der Waals surface area contributed by atoms with Gasteiger partial charge in [0, 0.05) is 36.0 Å². The number of aromatic nitrogens is 4. The molecule has 11 heteroatoms. The van der Waals surface area contributed by atoms with Crippen LogP contribution >= 0.6 is 0 Å². The number of hydrogen-bond acceptors (Lipinski definition) is 6. The summed E-state index contributed by atoms with van der Waals surface area (Å²) < 4.78 is 41.9. The molecule has 0 aromatic carbocycles. The molecule has 0 bridgehead atoms. The van der Waals surface area contributed by atoms with E-state index in [1.54, 1.807) is 19.5 Å². The molecule has 3 aromatic heterocycles. The Labute approximate surface area is 175 Å². The second-order valence-corrected chi connectivity index (χ2v) is 6.55. The molecule has 162 valence electrons. The third-order valence-corrected chi connectivity index (χ3v) is 4.14. The molecular weight excluding hydrogens is 413 g/mol. The molecule has 1 amide bonds. The number of anilines is 1. The number of ether oxygens (including phenoxy) is 1. The van der Waals surface area contributed by atoms with Crippen LogP contribution in [0.15, 0.2) is 30.9 Å². The molecule has 31 heavy (non-hydrogen) atoms. The highest BCUT2D eigenvalue weighted by atomic mass is 19.4. The Morgan fingerprint density at radius 1 is 1.32 bits per heavy atom. The number of nitrogens with one attached hydrogen (secondary N) is 3. The van der Waals surface area contributed by atoms with Gasteiger partial charge in [-0.05, 0) is 13.0 Å². The van der Waals surface area contributed by atoms with Gasteiger partial charge in [0.15, 0.2) is 5.82 Å². The molecule has 0 fully saturated rings. The van der Waals surface area contributed by atoms with E-state index in [9.17, 15) is 18.0 Å². The van der Waals surface area contributed by atoms with Gasteiger partial charge in [0.05, 0.1) is 30.7 Å². The number of halogens is 3. The molecule has 8 nitrogen and oxygen atoms in total. The van der Waals surface area contributed by atoms with E-state index >= 15 is 0 Å². The Morgan fingerprint density at radius 3 is 2.87 bits per heavy atom. The number of H-pyrrole nitrogens is 1. The first-order valence-electron chi connectivity index (χ1n) is 9.15. The first kappa shape index (κ1) is 22.2. The lowest BCUT2D eigenvalue weighted by atomic mass is 10.1. The van der Waals surface area contributed by atoms with Crippen LogP contribution in [0, 0.1) is 11.8 Å². The second kappa shape index (κ2) is 9.55. The van der Waals surface area contributed by atoms with Gasteiger partial charge in [0.1, 0.15) is 12.3 Å². The predicted molar refractivity (Wildman–Crippen MR) is 108 cm³/mol. The van der Waals surface area contributed by atoms with Crippen LogP contribution in [0.2, 0.25) is 0 Å². The molecule has 3 rings (SSSR count). The van der Waals surface area contributed by atoms with Crippen molar-refractivity contribution >= 4 is 22.8 Å². The van der Waals surface area contributed by atoms with E-state index in [1.165, 1.54) is 19.3 Å². The third-order valence-electron chi connectivity index (χ3n) is 4.14. The summed E-state index contributed by atoms with van der Waals surface area (Å²) in [7, 11) is 1.55. The lowest BCUT2D eigenvalue weighted by molar-refractivity contribution is -0.129. The molecule has 0 spiro atoms. The van der Waals surface area contributed by atoms with Crippen LogP contribution in [0.1, 0.15) is 12.5 Å². The Kier molecular flexibility index (Phi) is 6.84. The normalized spacial score (nSPS) is 12.3. The van der Waals surface area contributed by atoms with Crippen molar-refractivity contribution in [1.82, 2.24) is 25.3 Å². The summed E-state index contributed by atoms with van der Waals surface area (Å²) in [5, 5.41) is 5.34. The van der Waals surface area contributed by atoms with Crippen molar-refractivity contribution in [1.29, 1.82) is 0 Å². The van der Waals surface area contributed by atoms with Gasteiger partial charge in [-0.1, -0.05) is 11.8 Å². The molecule has 0 aliphatic heterocycles. The van der Waals surface area contributed by atoms with Crippen molar-refractivity contribution in [2.24, 2.45) is 0 Å². The third kappa shape index (κ3) is 6.00. The van der Waals surface area contributed by atoms with Crippen LogP contribution in [-0.4, -0.2) is 58.3 Å². The number of carbonyl (C=O) groups is 1. The van der Waals surface area contributed by atoms with Crippen molar-refractivity contribution in [3.8, 4) is 23.1 Å². The monoisotopic (exact) mass is 432 g/mol. The fraction of sp³-hybridized carbons (Fsp3) is 0.300. The molecule has 3 aromatic rings. The largest absolute Gasteiger partial charge is 0.401 e. The van der Waals surface area contributed by atoms with Gasteiger partial charge < -0.3 is 15.0 Å². The van der Waals surface area contributed by atoms with Crippen LogP contribution in [0.4, 0.5) is 19.0 Å². The summed E-state index contributed by atoms with van der Waals surface area (Å²) in [6.07, 6.45) is 1.74. The number of methoxy groups -OCH3 is 1. The van der Waals surface area contributed by atoms with Crippen LogP contribution in [0.5, 0.6) is 0 Å². The minimum absolute atomic E-state index is 0.113. The van der Waals surface area contributed by atoms with Gasteiger partial charge in [0.25, 0.3) is 0 Å². The number of nitrogens with zero attached hydrogens (tertiary/aromatic N) is 3. The van der Waals surface area contributed by atoms with E-state index < -0.39 is 24.7 Å². The van der Waals surface area contributed by atoms with Gasteiger partial charge in [-0.3, -0.25) is 15.1 Å². The maximum absolute atomic E-state index is 12.3. The van der Waals surface area contributed by atoms with Crippen LogP contribution in [0.3, 0.4) is 0 Å². The summed E-state index contributed by atoms with van der Waals surface area (Å²) in [5.41, 5.74) is 2.44. The topological polar surface area (TPSA) is 105 Å². The van der Waals surface area contributed by atoms with E-state index in [4.69, 9.17) is 4.74 Å². The van der Waals surface area contributed by atoms with Crippen molar-refractivity contribution < 1.29 is 22.7 Å². The number of aromatic amines is 1. The van der Waals surface area contributed by atoms with Gasteiger partial charge in [-0.2, -0.15) is 13.2 Å². The highest BCUT2D eigenvalue weighted by Gasteiger charge is 2.28. The zero-order chi connectivity index (χ0) is 22.4. The lowest BCUT2D eigenvalue weighted by Crippen LogP contribution is -2.42. The number of fused-ring (bicyclic) bond motifs is 1. The maximum atomic E-state index is 12.3. The Bertz CT molecular complexity index is 1130. The molecule has 0 aliphatic rings. The van der Waals surface area contributed by atoms with Crippen molar-refractivity contribution in [2.75, 3.05) is 25.6 Å². The van der Waals surface area contributed by atoms with Gasteiger partial charge in [-0.15, -0.1) is 0 Å². The average Bonchev–Trinajstić information content (AvgIpc) is 3.15. The molecule has 3 N–H and O–H groups in total. The number of alkyl halides is 3. The predicted octanol–water partition coefficient (Wildman–Crippen LogP) is 2.50. The zero-order valence-corrected chi connectivity index (χ0v) is 16.7. The van der Waals surface area contributed by atoms with Gasteiger partial charge >= 0.3 is 6.18 Å². The minimum Gasteiger partial charge on any atom is -0.372 e. The highest BCUT2D eigenvalue weighted by Crippen LogP contribution is 2.27.